The van der Waals surface area contributed by atoms with E-state index in [4.69, 9.17) is 9.15 Å². The fraction of sp³-hybridized carbons (Fsp3) is 0.200. The van der Waals surface area contributed by atoms with E-state index < -0.39 is 18.0 Å². The number of rotatable bonds is 7. The predicted molar refractivity (Wildman–Crippen MR) is 154 cm³/mol. The summed E-state index contributed by atoms with van der Waals surface area (Å²) in [5.41, 5.74) is 1.80. The van der Waals surface area contributed by atoms with Crippen molar-refractivity contribution in [2.75, 3.05) is 6.26 Å². The van der Waals surface area contributed by atoms with Gasteiger partial charge < -0.3 is 14.3 Å². The Balaban J connectivity index is 1.63. The molecule has 2 aromatic heterocycles. The lowest BCUT2D eigenvalue weighted by atomic mass is 9.96. The van der Waals surface area contributed by atoms with E-state index in [9.17, 15) is 19.5 Å². The summed E-state index contributed by atoms with van der Waals surface area (Å²) in [5, 5.41) is 9.54. The average Bonchev–Trinajstić information content (AvgIpc) is 3.51. The van der Waals surface area contributed by atoms with Gasteiger partial charge in [0.25, 0.3) is 5.56 Å². The fourth-order valence-electron chi connectivity index (χ4n) is 4.55. The Morgan fingerprint density at radius 3 is 2.52 bits per heavy atom. The second kappa shape index (κ2) is 11.1. The second-order valence-electron chi connectivity index (χ2n) is 9.36. The number of hydrogen-bond acceptors (Lipinski definition) is 8. The predicted octanol–water partition coefficient (Wildman–Crippen LogP) is 4.87. The van der Waals surface area contributed by atoms with Crippen LogP contribution < -0.4 is 14.9 Å². The van der Waals surface area contributed by atoms with Crippen molar-refractivity contribution in [1.29, 1.82) is 0 Å². The summed E-state index contributed by atoms with van der Waals surface area (Å²) in [4.78, 5) is 44.8. The number of furan rings is 1. The quantitative estimate of drug-likeness (QED) is 0.248. The van der Waals surface area contributed by atoms with E-state index >= 15 is 0 Å². The molecule has 40 heavy (non-hydrogen) atoms. The summed E-state index contributed by atoms with van der Waals surface area (Å²) in [6, 6.07) is 16.9. The smallest absolute Gasteiger partial charge is 0.338 e. The van der Waals surface area contributed by atoms with E-state index in [2.05, 4.69) is 4.99 Å². The zero-order valence-electron chi connectivity index (χ0n) is 22.2. The average molecular weight is 575 g/mol. The van der Waals surface area contributed by atoms with Gasteiger partial charge >= 0.3 is 11.9 Å². The van der Waals surface area contributed by atoms with Crippen LogP contribution in [0.25, 0.3) is 17.4 Å². The maximum Gasteiger partial charge on any atom is 0.338 e. The van der Waals surface area contributed by atoms with Crippen LogP contribution in [0.1, 0.15) is 48.5 Å². The lowest BCUT2D eigenvalue weighted by Gasteiger charge is -2.25. The van der Waals surface area contributed by atoms with Crippen molar-refractivity contribution in [3.05, 3.63) is 109 Å². The molecule has 0 aliphatic carbocycles. The SMILES string of the molecule is CSc1ccc([C@H]2C(C(=O)OC(C)C)=C(C)N=c3s/c(=C\c4ccc(-c5ccccc5C(=O)O)o4)c(=O)n32)cc1. The number of esters is 1. The number of carboxylic acid groups (broad SMARTS) is 1. The lowest BCUT2D eigenvalue weighted by Crippen LogP contribution is -2.40. The number of fused-ring (bicyclic) bond motifs is 1. The molecule has 5 rings (SSSR count). The Morgan fingerprint density at radius 1 is 1.12 bits per heavy atom. The molecular weight excluding hydrogens is 548 g/mol. The zero-order chi connectivity index (χ0) is 28.6. The number of hydrogen-bond donors (Lipinski definition) is 1. The summed E-state index contributed by atoms with van der Waals surface area (Å²) in [5.74, 6) is -0.818. The first-order valence-corrected chi connectivity index (χ1v) is 14.5. The lowest BCUT2D eigenvalue weighted by molar-refractivity contribution is -0.143. The van der Waals surface area contributed by atoms with Crippen LogP contribution in [0.4, 0.5) is 0 Å². The third kappa shape index (κ3) is 5.20. The second-order valence-corrected chi connectivity index (χ2v) is 11.3. The first-order chi connectivity index (χ1) is 19.2. The summed E-state index contributed by atoms with van der Waals surface area (Å²) in [6.45, 7) is 5.30. The Kier molecular flexibility index (Phi) is 7.64. The molecule has 1 atom stereocenters. The monoisotopic (exact) mass is 574 g/mol. The Hall–Kier alpha value is -4.15. The third-order valence-electron chi connectivity index (χ3n) is 6.34. The van der Waals surface area contributed by atoms with E-state index in [0.717, 1.165) is 10.5 Å². The van der Waals surface area contributed by atoms with E-state index in [-0.39, 0.29) is 17.2 Å². The van der Waals surface area contributed by atoms with Crippen molar-refractivity contribution >= 4 is 41.1 Å². The van der Waals surface area contributed by atoms with E-state index in [1.54, 1.807) is 68.9 Å². The number of aromatic nitrogens is 1. The molecule has 0 spiro atoms. The summed E-state index contributed by atoms with van der Waals surface area (Å²) in [6.07, 6.45) is 3.25. The Bertz CT molecular complexity index is 1830. The molecule has 0 unspecified atom stereocenters. The molecule has 10 heteroatoms. The molecule has 0 saturated carbocycles. The topological polar surface area (TPSA) is 111 Å². The summed E-state index contributed by atoms with van der Waals surface area (Å²) in [7, 11) is 0. The number of allylic oxidation sites excluding steroid dienone is 1. The molecule has 1 aliphatic rings. The minimum Gasteiger partial charge on any atom is -0.478 e. The van der Waals surface area contributed by atoms with Gasteiger partial charge in [0.15, 0.2) is 4.80 Å². The van der Waals surface area contributed by atoms with Crippen molar-refractivity contribution in [3.63, 3.8) is 0 Å². The van der Waals surface area contributed by atoms with Crippen molar-refractivity contribution in [2.45, 2.75) is 37.8 Å². The molecular formula is C30H26N2O6S2. The molecule has 1 aliphatic heterocycles. The van der Waals surface area contributed by atoms with Gasteiger partial charge in [-0.2, -0.15) is 0 Å². The molecule has 0 amide bonds. The van der Waals surface area contributed by atoms with Crippen LogP contribution in [0.5, 0.6) is 0 Å². The Morgan fingerprint density at radius 2 is 1.85 bits per heavy atom. The highest BCUT2D eigenvalue weighted by Gasteiger charge is 2.33. The van der Waals surface area contributed by atoms with Gasteiger partial charge in [-0.25, -0.2) is 14.6 Å². The van der Waals surface area contributed by atoms with Gasteiger partial charge in [0.1, 0.15) is 11.5 Å². The van der Waals surface area contributed by atoms with Gasteiger partial charge in [0, 0.05) is 16.5 Å². The fourth-order valence-corrected chi connectivity index (χ4v) is 5.99. The minimum atomic E-state index is -1.06. The molecule has 4 aromatic rings. The van der Waals surface area contributed by atoms with Crippen LogP contribution in [0.3, 0.4) is 0 Å². The Labute approximate surface area is 238 Å². The summed E-state index contributed by atoms with van der Waals surface area (Å²) < 4.78 is 13.4. The largest absolute Gasteiger partial charge is 0.478 e. The number of thiazole rings is 1. The highest BCUT2D eigenvalue weighted by atomic mass is 32.2. The van der Waals surface area contributed by atoms with Crippen LogP contribution in [0, 0.1) is 0 Å². The molecule has 1 N–H and O–H groups in total. The van der Waals surface area contributed by atoms with E-state index in [1.165, 1.54) is 22.0 Å². The molecule has 0 saturated heterocycles. The van der Waals surface area contributed by atoms with Crippen molar-refractivity contribution < 1.29 is 23.8 Å². The number of carbonyl (C=O) groups is 2. The normalized spacial score (nSPS) is 15.2. The van der Waals surface area contributed by atoms with Crippen LogP contribution in [-0.4, -0.2) is 34.0 Å². The van der Waals surface area contributed by atoms with E-state index in [1.807, 2.05) is 30.5 Å². The molecule has 8 nitrogen and oxygen atoms in total. The highest BCUT2D eigenvalue weighted by Crippen LogP contribution is 2.32. The number of nitrogens with zero attached hydrogens (tertiary/aromatic N) is 2. The summed E-state index contributed by atoms with van der Waals surface area (Å²) >= 11 is 2.79. The van der Waals surface area contributed by atoms with Gasteiger partial charge in [0.05, 0.1) is 33.5 Å². The highest BCUT2D eigenvalue weighted by molar-refractivity contribution is 7.98. The number of benzene rings is 2. The standard InChI is InChI=1S/C30H26N2O6S2/c1-16(2)37-29(36)25-17(3)31-30-32(26(25)18-9-12-20(39-4)13-10-18)27(33)24(40-30)15-19-11-14-23(38-19)21-7-5-6-8-22(21)28(34)35/h5-16,26H,1-4H3,(H,34,35)/b24-15-/t26-/m0/s1. The first-order valence-electron chi connectivity index (χ1n) is 12.5. The van der Waals surface area contributed by atoms with Crippen LogP contribution in [0.15, 0.2) is 91.0 Å². The van der Waals surface area contributed by atoms with Crippen molar-refractivity contribution in [3.8, 4) is 11.3 Å². The van der Waals surface area contributed by atoms with Gasteiger partial charge in [-0.15, -0.1) is 11.8 Å². The van der Waals surface area contributed by atoms with Crippen LogP contribution in [0.2, 0.25) is 0 Å². The molecule has 3 heterocycles. The van der Waals surface area contributed by atoms with E-state index in [0.29, 0.717) is 37.7 Å². The first kappa shape index (κ1) is 27.4. The molecule has 2 aromatic carbocycles. The van der Waals surface area contributed by atoms with Crippen molar-refractivity contribution in [1.82, 2.24) is 4.57 Å². The number of aromatic carboxylic acids is 1. The maximum absolute atomic E-state index is 13.8. The maximum atomic E-state index is 13.8. The third-order valence-corrected chi connectivity index (χ3v) is 8.07. The van der Waals surface area contributed by atoms with Gasteiger partial charge in [0.2, 0.25) is 0 Å². The zero-order valence-corrected chi connectivity index (χ0v) is 23.8. The molecule has 0 radical (unpaired) electrons. The number of carbonyl (C=O) groups excluding carboxylic acids is 1. The van der Waals surface area contributed by atoms with Gasteiger partial charge in [-0.1, -0.05) is 41.7 Å². The van der Waals surface area contributed by atoms with Gasteiger partial charge in [-0.05, 0) is 62.9 Å². The number of carboxylic acids is 1. The molecule has 204 valence electrons. The van der Waals surface area contributed by atoms with Crippen molar-refractivity contribution in [2.24, 2.45) is 4.99 Å². The molecule has 0 fully saturated rings. The molecule has 0 bridgehead atoms. The number of thioether (sulfide) groups is 1. The van der Waals surface area contributed by atoms with Gasteiger partial charge in [-0.3, -0.25) is 9.36 Å². The van der Waals surface area contributed by atoms with Crippen LogP contribution in [-0.2, 0) is 9.53 Å². The number of ether oxygens (including phenoxy) is 1. The minimum absolute atomic E-state index is 0.117. The van der Waals surface area contributed by atoms with Crippen LogP contribution >= 0.6 is 23.1 Å².